The van der Waals surface area contributed by atoms with Crippen LogP contribution in [0, 0.1) is 0 Å². The Hall–Kier alpha value is -5.70. The van der Waals surface area contributed by atoms with Crippen LogP contribution < -0.4 is 4.90 Å². The smallest absolute Gasteiger partial charge is 0.337 e. The van der Waals surface area contributed by atoms with Crippen molar-refractivity contribution in [3.05, 3.63) is 138 Å². The molecule has 2 N–H and O–H groups in total. The van der Waals surface area contributed by atoms with E-state index >= 15 is 0 Å². The van der Waals surface area contributed by atoms with Gasteiger partial charge in [0, 0.05) is 41.3 Å². The van der Waals surface area contributed by atoms with Crippen LogP contribution in [0.1, 0.15) is 41.4 Å². The molecule has 3 heterocycles. The summed E-state index contributed by atoms with van der Waals surface area (Å²) in [6, 6.07) is 24.6. The van der Waals surface area contributed by atoms with Crippen LogP contribution in [0.3, 0.4) is 0 Å². The summed E-state index contributed by atoms with van der Waals surface area (Å²) in [6.45, 7) is 0. The van der Waals surface area contributed by atoms with Crippen molar-refractivity contribution in [2.24, 2.45) is 0 Å². The number of carboxylic acid groups (broad SMARTS) is 2. The average Bonchev–Trinajstić information content (AvgIpc) is 2.98. The predicted molar refractivity (Wildman–Crippen MR) is 144 cm³/mol. The van der Waals surface area contributed by atoms with Crippen molar-refractivity contribution in [2.75, 3.05) is 4.90 Å². The number of aromatic nitrogens is 2. The molecule has 3 aromatic carbocycles. The van der Waals surface area contributed by atoms with Crippen LogP contribution >= 0.6 is 0 Å². The van der Waals surface area contributed by atoms with Crippen molar-refractivity contribution in [1.82, 2.24) is 9.97 Å². The van der Waals surface area contributed by atoms with E-state index in [9.17, 15) is 29.4 Å². The number of carbonyl (C=O) groups excluding carboxylic acids is 2. The second-order valence-electron chi connectivity index (χ2n) is 8.05. The molecule has 9 nitrogen and oxygen atoms in total. The van der Waals surface area contributed by atoms with Gasteiger partial charge in [0.15, 0.2) is 0 Å². The fourth-order valence-electron chi connectivity index (χ4n) is 3.91. The van der Waals surface area contributed by atoms with E-state index in [-0.39, 0.29) is 27.9 Å². The second-order valence-corrected chi connectivity index (χ2v) is 8.05. The molecule has 192 valence electrons. The molecule has 0 atom stereocenters. The third-order valence-electron chi connectivity index (χ3n) is 5.62. The third kappa shape index (κ3) is 5.83. The van der Waals surface area contributed by atoms with E-state index < -0.39 is 23.8 Å². The van der Waals surface area contributed by atoms with Gasteiger partial charge < -0.3 is 10.2 Å². The maximum absolute atomic E-state index is 13.0. The van der Waals surface area contributed by atoms with Gasteiger partial charge in [-0.3, -0.25) is 19.6 Å². The topological polar surface area (TPSA) is 138 Å². The zero-order valence-electron chi connectivity index (χ0n) is 20.3. The quantitative estimate of drug-likeness (QED) is 0.310. The Kier molecular flexibility index (Phi) is 8.13. The van der Waals surface area contributed by atoms with Gasteiger partial charge >= 0.3 is 11.9 Å². The fourth-order valence-corrected chi connectivity index (χ4v) is 3.91. The van der Waals surface area contributed by atoms with Gasteiger partial charge in [-0.2, -0.15) is 0 Å². The summed E-state index contributed by atoms with van der Waals surface area (Å²) < 4.78 is 0. The van der Waals surface area contributed by atoms with Crippen LogP contribution in [-0.4, -0.2) is 43.9 Å². The fraction of sp³-hybridized carbons (Fsp3) is 0. The van der Waals surface area contributed by atoms with Crippen molar-refractivity contribution in [3.63, 3.8) is 0 Å². The van der Waals surface area contributed by atoms with Crippen LogP contribution in [0.25, 0.3) is 10.8 Å². The van der Waals surface area contributed by atoms with Crippen molar-refractivity contribution in [1.29, 1.82) is 0 Å². The number of anilines is 1. The van der Waals surface area contributed by atoms with E-state index in [0.717, 1.165) is 23.1 Å². The summed E-state index contributed by atoms with van der Waals surface area (Å²) in [6.07, 6.45) is 7.00. The molecule has 0 fully saturated rings. The van der Waals surface area contributed by atoms with Gasteiger partial charge in [-0.1, -0.05) is 36.4 Å². The first-order valence-electron chi connectivity index (χ1n) is 11.6. The van der Waals surface area contributed by atoms with Gasteiger partial charge in [0.1, 0.15) is 0 Å². The number of aromatic carboxylic acids is 2. The highest BCUT2D eigenvalue weighted by molar-refractivity contribution is 6.36. The molecule has 0 saturated carbocycles. The first kappa shape index (κ1) is 26.4. The van der Waals surface area contributed by atoms with E-state index in [1.807, 2.05) is 36.4 Å². The summed E-state index contributed by atoms with van der Waals surface area (Å²) in [4.78, 5) is 57.3. The Morgan fingerprint density at radius 2 is 1.13 bits per heavy atom. The lowest BCUT2D eigenvalue weighted by molar-refractivity contribution is 0.0681. The minimum absolute atomic E-state index is 0.229. The molecule has 2 amide bonds. The van der Waals surface area contributed by atoms with Gasteiger partial charge in [0.25, 0.3) is 11.8 Å². The molecular formula is C30H21N3O6. The molecule has 0 aliphatic carbocycles. The monoisotopic (exact) mass is 519 g/mol. The van der Waals surface area contributed by atoms with Gasteiger partial charge in [-0.25, -0.2) is 14.5 Å². The van der Waals surface area contributed by atoms with Crippen molar-refractivity contribution in [3.8, 4) is 0 Å². The second kappa shape index (κ2) is 12.0. The van der Waals surface area contributed by atoms with Crippen LogP contribution in [0.2, 0.25) is 0 Å². The first-order chi connectivity index (χ1) is 18.9. The van der Waals surface area contributed by atoms with Crippen LogP contribution in [-0.2, 0) is 0 Å². The van der Waals surface area contributed by atoms with Gasteiger partial charge in [0.2, 0.25) is 0 Å². The van der Waals surface area contributed by atoms with E-state index in [1.165, 1.54) is 0 Å². The number of imide groups is 1. The summed E-state index contributed by atoms with van der Waals surface area (Å²) in [5.74, 6) is -4.07. The Labute approximate surface area is 222 Å². The SMILES string of the molecule is O=C(O)c1ccc(C(=O)O)c(N2C(=O)c3cccc4cccc(c34)C2=O)c1.c1ccncc1.c1ccncc1. The molecule has 39 heavy (non-hydrogen) atoms. The van der Waals surface area contributed by atoms with E-state index in [1.54, 1.807) is 61.2 Å². The number of carbonyl (C=O) groups is 4. The third-order valence-corrected chi connectivity index (χ3v) is 5.62. The summed E-state index contributed by atoms with van der Waals surface area (Å²) >= 11 is 0. The van der Waals surface area contributed by atoms with Crippen molar-refractivity contribution >= 4 is 40.2 Å². The molecular weight excluding hydrogens is 498 g/mol. The standard InChI is InChI=1S/C20H11NO6.2C5H5N/c22-17-13-5-1-3-10-4-2-6-14(16(10)13)18(23)21(17)15-9-11(19(24)25)7-8-12(15)20(26)27;2*1-2-4-6-5-3-1/h1-9H,(H,24,25)(H,26,27);2*1-5H. The van der Waals surface area contributed by atoms with Gasteiger partial charge in [0.05, 0.1) is 16.8 Å². The van der Waals surface area contributed by atoms with E-state index in [4.69, 9.17) is 0 Å². The lowest BCUT2D eigenvalue weighted by Crippen LogP contribution is -2.41. The predicted octanol–water partition coefficient (Wildman–Crippen LogP) is 5.20. The molecule has 0 unspecified atom stereocenters. The highest BCUT2D eigenvalue weighted by Crippen LogP contribution is 2.34. The maximum atomic E-state index is 13.0. The molecule has 0 bridgehead atoms. The van der Waals surface area contributed by atoms with Crippen LogP contribution in [0.5, 0.6) is 0 Å². The molecule has 9 heteroatoms. The number of benzene rings is 3. The van der Waals surface area contributed by atoms with E-state index in [0.29, 0.717) is 10.8 Å². The van der Waals surface area contributed by atoms with Crippen molar-refractivity contribution < 1.29 is 29.4 Å². The number of pyridine rings is 2. The van der Waals surface area contributed by atoms with Crippen molar-refractivity contribution in [2.45, 2.75) is 0 Å². The average molecular weight is 520 g/mol. The van der Waals surface area contributed by atoms with Crippen LogP contribution in [0.15, 0.2) is 116 Å². The number of amides is 2. The molecule has 0 radical (unpaired) electrons. The number of rotatable bonds is 3. The summed E-state index contributed by atoms with van der Waals surface area (Å²) in [7, 11) is 0. The van der Waals surface area contributed by atoms with Gasteiger partial charge in [-0.05, 0) is 60.0 Å². The molecule has 1 aliphatic rings. The largest absolute Gasteiger partial charge is 0.478 e. The van der Waals surface area contributed by atoms with Gasteiger partial charge in [-0.15, -0.1) is 0 Å². The van der Waals surface area contributed by atoms with Crippen LogP contribution in [0.4, 0.5) is 5.69 Å². The Morgan fingerprint density at radius 3 is 1.51 bits per heavy atom. The number of carboxylic acids is 2. The summed E-state index contributed by atoms with van der Waals surface area (Å²) in [5, 5.41) is 19.9. The Bertz CT molecular complexity index is 1520. The lowest BCUT2D eigenvalue weighted by atomic mass is 9.93. The molecule has 0 saturated heterocycles. The number of hydrogen-bond acceptors (Lipinski definition) is 6. The maximum Gasteiger partial charge on any atom is 0.337 e. The molecule has 1 aliphatic heterocycles. The zero-order chi connectivity index (χ0) is 27.8. The zero-order valence-corrected chi connectivity index (χ0v) is 20.3. The summed E-state index contributed by atoms with van der Waals surface area (Å²) in [5.41, 5.74) is -0.343. The normalized spacial score (nSPS) is 11.5. The molecule has 2 aromatic heterocycles. The number of hydrogen-bond donors (Lipinski definition) is 2. The number of nitrogens with zero attached hydrogens (tertiary/aromatic N) is 3. The Balaban J connectivity index is 0.000000241. The molecule has 5 aromatic rings. The Morgan fingerprint density at radius 1 is 0.615 bits per heavy atom. The highest BCUT2D eigenvalue weighted by atomic mass is 16.4. The highest BCUT2D eigenvalue weighted by Gasteiger charge is 2.36. The minimum Gasteiger partial charge on any atom is -0.478 e. The lowest BCUT2D eigenvalue weighted by Gasteiger charge is -2.28. The molecule has 0 spiro atoms. The van der Waals surface area contributed by atoms with E-state index in [2.05, 4.69) is 9.97 Å². The minimum atomic E-state index is -1.38. The first-order valence-corrected chi connectivity index (χ1v) is 11.6. The molecule has 6 rings (SSSR count).